The predicted octanol–water partition coefficient (Wildman–Crippen LogP) is 1.20. The second kappa shape index (κ2) is 8.77. The molecule has 3 rings (SSSR count). The Morgan fingerprint density at radius 3 is 2.03 bits per heavy atom. The lowest BCUT2D eigenvalue weighted by Gasteiger charge is -2.36. The summed E-state index contributed by atoms with van der Waals surface area (Å²) in [5, 5.41) is 0. The van der Waals surface area contributed by atoms with Crippen molar-refractivity contribution in [1.29, 1.82) is 0 Å². The van der Waals surface area contributed by atoms with Crippen LogP contribution >= 0.6 is 0 Å². The molecule has 8 nitrogen and oxygen atoms in total. The number of piperazine rings is 1. The molecule has 30 heavy (non-hydrogen) atoms. The zero-order valence-electron chi connectivity index (χ0n) is 18.5. The van der Waals surface area contributed by atoms with Gasteiger partial charge in [0.25, 0.3) is 11.5 Å². The molecular formula is C22H31N5O3. The van der Waals surface area contributed by atoms with Gasteiger partial charge in [-0.15, -0.1) is 0 Å². The van der Waals surface area contributed by atoms with Crippen molar-refractivity contribution in [2.75, 3.05) is 49.1 Å². The van der Waals surface area contributed by atoms with Gasteiger partial charge in [-0.25, -0.2) is 4.79 Å². The highest BCUT2D eigenvalue weighted by Crippen LogP contribution is 2.19. The Bertz CT molecular complexity index is 1030. The van der Waals surface area contributed by atoms with Crippen LogP contribution < -0.4 is 21.0 Å². The number of amides is 1. The molecule has 2 heterocycles. The van der Waals surface area contributed by atoms with Crippen LogP contribution in [0.5, 0.6) is 0 Å². The van der Waals surface area contributed by atoms with E-state index in [9.17, 15) is 14.4 Å². The summed E-state index contributed by atoms with van der Waals surface area (Å²) in [4.78, 5) is 43.7. The number of carbonyl (C=O) groups is 1. The second-order valence-corrected chi connectivity index (χ2v) is 7.64. The van der Waals surface area contributed by atoms with Gasteiger partial charge in [-0.05, 0) is 45.0 Å². The molecule has 162 valence electrons. The molecule has 0 N–H and O–H groups in total. The topological polar surface area (TPSA) is 70.8 Å². The number of hydrogen-bond donors (Lipinski definition) is 0. The SMILES string of the molecule is CCN(CC)c1ccc(C(=O)N2CCN(c3c(C)n(C)c(=O)n(C)c3=O)CC2)cc1. The number of carbonyl (C=O) groups excluding carboxylic acids is 1. The minimum atomic E-state index is -0.330. The van der Waals surface area contributed by atoms with Gasteiger partial charge in [0.15, 0.2) is 0 Å². The maximum atomic E-state index is 12.9. The van der Waals surface area contributed by atoms with E-state index in [0.29, 0.717) is 43.1 Å². The van der Waals surface area contributed by atoms with Crippen molar-refractivity contribution >= 4 is 17.3 Å². The maximum Gasteiger partial charge on any atom is 0.330 e. The number of rotatable bonds is 5. The molecule has 8 heteroatoms. The molecule has 0 unspecified atom stereocenters. The molecule has 1 aromatic carbocycles. The largest absolute Gasteiger partial charge is 0.372 e. The molecule has 0 radical (unpaired) electrons. The highest BCUT2D eigenvalue weighted by molar-refractivity contribution is 5.94. The monoisotopic (exact) mass is 413 g/mol. The molecule has 0 atom stereocenters. The molecule has 0 bridgehead atoms. The van der Waals surface area contributed by atoms with E-state index in [-0.39, 0.29) is 17.2 Å². The van der Waals surface area contributed by atoms with E-state index in [1.165, 1.54) is 11.6 Å². The van der Waals surface area contributed by atoms with Crippen LogP contribution in [0.15, 0.2) is 33.9 Å². The van der Waals surface area contributed by atoms with Crippen LogP contribution in [0.2, 0.25) is 0 Å². The van der Waals surface area contributed by atoms with E-state index < -0.39 is 0 Å². The van der Waals surface area contributed by atoms with E-state index in [1.807, 2.05) is 34.1 Å². The van der Waals surface area contributed by atoms with Gasteiger partial charge in [-0.3, -0.25) is 18.7 Å². The van der Waals surface area contributed by atoms with Crippen LogP contribution in [0.4, 0.5) is 11.4 Å². The highest BCUT2D eigenvalue weighted by atomic mass is 16.2. The van der Waals surface area contributed by atoms with Crippen LogP contribution in [0.3, 0.4) is 0 Å². The summed E-state index contributed by atoms with van der Waals surface area (Å²) in [7, 11) is 3.16. The third-order valence-electron chi connectivity index (χ3n) is 6.05. The number of anilines is 2. The molecule has 1 amide bonds. The van der Waals surface area contributed by atoms with Crippen LogP contribution in [-0.4, -0.2) is 59.2 Å². The fraction of sp³-hybridized carbons (Fsp3) is 0.500. The summed E-state index contributed by atoms with van der Waals surface area (Å²) in [6.45, 7) is 10.0. The van der Waals surface area contributed by atoms with Crippen LogP contribution in [-0.2, 0) is 14.1 Å². The highest BCUT2D eigenvalue weighted by Gasteiger charge is 2.26. The van der Waals surface area contributed by atoms with E-state index in [1.54, 1.807) is 14.0 Å². The first-order valence-electron chi connectivity index (χ1n) is 10.5. The molecule has 1 aromatic heterocycles. The zero-order chi connectivity index (χ0) is 22.0. The first kappa shape index (κ1) is 21.7. The van der Waals surface area contributed by atoms with E-state index in [2.05, 4.69) is 18.7 Å². The van der Waals surface area contributed by atoms with Crippen molar-refractivity contribution in [1.82, 2.24) is 14.0 Å². The first-order valence-corrected chi connectivity index (χ1v) is 10.5. The average molecular weight is 414 g/mol. The van der Waals surface area contributed by atoms with Gasteiger partial charge in [0.05, 0.1) is 0 Å². The van der Waals surface area contributed by atoms with E-state index >= 15 is 0 Å². The minimum absolute atomic E-state index is 0.00540. The second-order valence-electron chi connectivity index (χ2n) is 7.64. The zero-order valence-corrected chi connectivity index (χ0v) is 18.5. The number of hydrogen-bond acceptors (Lipinski definition) is 5. The third-order valence-corrected chi connectivity index (χ3v) is 6.05. The summed E-state index contributed by atoms with van der Waals surface area (Å²) < 4.78 is 2.63. The summed E-state index contributed by atoms with van der Waals surface area (Å²) >= 11 is 0. The lowest BCUT2D eigenvalue weighted by Crippen LogP contribution is -2.52. The Balaban J connectivity index is 1.73. The van der Waals surface area contributed by atoms with Crippen molar-refractivity contribution in [3.63, 3.8) is 0 Å². The Morgan fingerprint density at radius 1 is 0.933 bits per heavy atom. The van der Waals surface area contributed by atoms with Gasteiger partial charge < -0.3 is 14.7 Å². The lowest BCUT2D eigenvalue weighted by atomic mass is 10.1. The first-order chi connectivity index (χ1) is 14.3. The van der Waals surface area contributed by atoms with Crippen molar-refractivity contribution in [3.8, 4) is 0 Å². The smallest absolute Gasteiger partial charge is 0.330 e. The fourth-order valence-corrected chi connectivity index (χ4v) is 4.01. The Hall–Kier alpha value is -3.03. The Morgan fingerprint density at radius 2 is 1.50 bits per heavy atom. The Kier molecular flexibility index (Phi) is 6.34. The number of aromatic nitrogens is 2. The fourth-order valence-electron chi connectivity index (χ4n) is 4.01. The van der Waals surface area contributed by atoms with Gasteiger partial charge in [0, 0.05) is 70.3 Å². The van der Waals surface area contributed by atoms with Crippen molar-refractivity contribution in [3.05, 3.63) is 56.4 Å². The summed E-state index contributed by atoms with van der Waals surface area (Å²) in [5.41, 5.74) is 2.35. The maximum absolute atomic E-state index is 12.9. The van der Waals surface area contributed by atoms with Gasteiger partial charge in [0.1, 0.15) is 5.69 Å². The van der Waals surface area contributed by atoms with Crippen LogP contribution in [0.1, 0.15) is 29.9 Å². The number of benzene rings is 1. The average Bonchev–Trinajstić information content (AvgIpc) is 2.78. The summed E-state index contributed by atoms with van der Waals surface area (Å²) in [6.07, 6.45) is 0. The van der Waals surface area contributed by atoms with E-state index in [0.717, 1.165) is 23.3 Å². The molecule has 0 saturated carbocycles. The van der Waals surface area contributed by atoms with Crippen molar-refractivity contribution in [2.24, 2.45) is 14.1 Å². The normalized spacial score (nSPS) is 14.2. The van der Waals surface area contributed by atoms with Gasteiger partial charge in [0.2, 0.25) is 0 Å². The summed E-state index contributed by atoms with van der Waals surface area (Å²) in [5.74, 6) is 0.00540. The molecule has 2 aromatic rings. The lowest BCUT2D eigenvalue weighted by molar-refractivity contribution is 0.0746. The van der Waals surface area contributed by atoms with Gasteiger partial charge >= 0.3 is 5.69 Å². The van der Waals surface area contributed by atoms with Gasteiger partial charge in [-0.1, -0.05) is 0 Å². The molecule has 0 aliphatic carbocycles. The summed E-state index contributed by atoms with van der Waals surface area (Å²) in [6, 6.07) is 7.76. The van der Waals surface area contributed by atoms with Crippen molar-refractivity contribution in [2.45, 2.75) is 20.8 Å². The number of nitrogens with zero attached hydrogens (tertiary/aromatic N) is 5. The molecular weight excluding hydrogens is 382 g/mol. The van der Waals surface area contributed by atoms with E-state index in [4.69, 9.17) is 0 Å². The third kappa shape index (κ3) is 3.86. The molecule has 1 aliphatic rings. The van der Waals surface area contributed by atoms with Crippen LogP contribution in [0, 0.1) is 6.92 Å². The molecule has 1 aliphatic heterocycles. The Labute approximate surface area is 176 Å². The molecule has 0 spiro atoms. The van der Waals surface area contributed by atoms with Crippen LogP contribution in [0.25, 0.3) is 0 Å². The van der Waals surface area contributed by atoms with Gasteiger partial charge in [-0.2, -0.15) is 0 Å². The molecule has 1 saturated heterocycles. The molecule has 1 fully saturated rings. The standard InChI is InChI=1S/C22H31N5O3/c1-6-25(7-2)18-10-8-17(9-11-18)20(28)27-14-12-26(13-15-27)19-16(3)23(4)22(30)24(5)21(19)29/h8-11H,6-7,12-15H2,1-5H3. The predicted molar refractivity (Wildman–Crippen MR) is 120 cm³/mol. The quantitative estimate of drug-likeness (QED) is 0.737. The minimum Gasteiger partial charge on any atom is -0.372 e. The van der Waals surface area contributed by atoms with Crippen molar-refractivity contribution < 1.29 is 4.79 Å².